The Labute approximate surface area is 123 Å². The molecule has 0 bridgehead atoms. The van der Waals surface area contributed by atoms with Crippen molar-refractivity contribution in [1.82, 2.24) is 14.8 Å². The van der Waals surface area contributed by atoms with Gasteiger partial charge in [-0.2, -0.15) is 0 Å². The van der Waals surface area contributed by atoms with Gasteiger partial charge in [0.2, 0.25) is 0 Å². The number of hydrogen-bond donors (Lipinski definition) is 0. The fraction of sp³-hybridized carbons (Fsp3) is 0.571. The summed E-state index contributed by atoms with van der Waals surface area (Å²) in [5.41, 5.74) is 0.127. The number of aromatic nitrogens is 1. The van der Waals surface area contributed by atoms with E-state index in [-0.39, 0.29) is 16.6 Å². The van der Waals surface area contributed by atoms with Crippen molar-refractivity contribution in [2.45, 2.75) is 12.8 Å². The minimum atomic E-state index is -0.551. The third kappa shape index (κ3) is 3.67. The second-order valence-corrected chi connectivity index (χ2v) is 5.78. The Balaban J connectivity index is 1.99. The van der Waals surface area contributed by atoms with Gasteiger partial charge in [-0.3, -0.25) is 4.79 Å². The smallest absolute Gasteiger partial charge is 0.256 e. The third-order valence-corrected chi connectivity index (χ3v) is 4.05. The molecule has 0 atom stereocenters. The topological polar surface area (TPSA) is 36.4 Å². The van der Waals surface area contributed by atoms with E-state index < -0.39 is 5.82 Å². The molecule has 0 aromatic carbocycles. The van der Waals surface area contributed by atoms with E-state index in [9.17, 15) is 9.18 Å². The molecule has 1 fully saturated rings. The first-order chi connectivity index (χ1) is 9.47. The molecule has 1 aliphatic rings. The molecule has 2 heterocycles. The molecule has 0 aliphatic carbocycles. The summed E-state index contributed by atoms with van der Waals surface area (Å²) in [7, 11) is 3.82. The Morgan fingerprint density at radius 3 is 2.85 bits per heavy atom. The summed E-state index contributed by atoms with van der Waals surface area (Å²) in [5.74, 6) is -0.341. The molecule has 1 aromatic rings. The van der Waals surface area contributed by atoms with E-state index in [0.717, 1.165) is 38.2 Å². The number of carbonyl (C=O) groups excluding carboxylic acids is 1. The van der Waals surface area contributed by atoms with Crippen LogP contribution in [0.15, 0.2) is 12.3 Å². The second-order valence-electron chi connectivity index (χ2n) is 5.42. The molecule has 1 amide bonds. The van der Waals surface area contributed by atoms with Gasteiger partial charge in [0.1, 0.15) is 11.0 Å². The van der Waals surface area contributed by atoms with Crippen LogP contribution in [-0.4, -0.2) is 54.4 Å². The Kier molecular flexibility index (Phi) is 4.94. The molecule has 6 heteroatoms. The summed E-state index contributed by atoms with van der Waals surface area (Å²) in [4.78, 5) is 19.8. The van der Waals surface area contributed by atoms with E-state index in [4.69, 9.17) is 11.6 Å². The largest absolute Gasteiger partial charge is 0.341 e. The maximum Gasteiger partial charge on any atom is 0.256 e. The van der Waals surface area contributed by atoms with Crippen molar-refractivity contribution in [2.75, 3.05) is 33.7 Å². The highest BCUT2D eigenvalue weighted by molar-refractivity contribution is 6.32. The molecule has 0 radical (unpaired) electrons. The van der Waals surface area contributed by atoms with Crippen LogP contribution in [0.1, 0.15) is 23.2 Å². The first kappa shape index (κ1) is 15.2. The van der Waals surface area contributed by atoms with Crippen LogP contribution in [0.3, 0.4) is 0 Å². The summed E-state index contributed by atoms with van der Waals surface area (Å²) in [5, 5.41) is 0.0478. The molecule has 0 spiro atoms. The number of carbonyl (C=O) groups is 1. The second kappa shape index (κ2) is 6.50. The first-order valence-electron chi connectivity index (χ1n) is 6.72. The maximum absolute atomic E-state index is 13.2. The highest BCUT2D eigenvalue weighted by Gasteiger charge is 2.22. The first-order valence-corrected chi connectivity index (χ1v) is 7.10. The van der Waals surface area contributed by atoms with Crippen LogP contribution in [0.4, 0.5) is 4.39 Å². The number of halogens is 2. The lowest BCUT2D eigenvalue weighted by Crippen LogP contribution is -2.38. The minimum Gasteiger partial charge on any atom is -0.341 e. The lowest BCUT2D eigenvalue weighted by atomic mass is 9.96. The van der Waals surface area contributed by atoms with Gasteiger partial charge in [-0.05, 0) is 45.0 Å². The van der Waals surface area contributed by atoms with Crippen molar-refractivity contribution >= 4 is 17.5 Å². The number of amides is 1. The van der Waals surface area contributed by atoms with Crippen molar-refractivity contribution in [1.29, 1.82) is 0 Å². The Hall–Kier alpha value is -1.20. The van der Waals surface area contributed by atoms with Crippen LogP contribution < -0.4 is 0 Å². The molecule has 20 heavy (non-hydrogen) atoms. The van der Waals surface area contributed by atoms with Crippen LogP contribution in [0, 0.1) is 11.7 Å². The van der Waals surface area contributed by atoms with Gasteiger partial charge in [-0.1, -0.05) is 11.6 Å². The standard InChI is InChI=1S/C14H19ClFN3O/c1-18-5-3-10(4-6-18)9-19(2)14(20)12-7-11(16)8-17-13(12)15/h7-8,10H,3-6,9H2,1-2H3. The summed E-state index contributed by atoms with van der Waals surface area (Å²) in [6.07, 6.45) is 3.16. The van der Waals surface area contributed by atoms with Gasteiger partial charge in [0.15, 0.2) is 0 Å². The van der Waals surface area contributed by atoms with E-state index in [0.29, 0.717) is 12.5 Å². The number of likely N-dealkylation sites (tertiary alicyclic amines) is 1. The minimum absolute atomic E-state index is 0.0478. The van der Waals surface area contributed by atoms with Crippen molar-refractivity contribution in [3.63, 3.8) is 0 Å². The van der Waals surface area contributed by atoms with Crippen molar-refractivity contribution in [2.24, 2.45) is 5.92 Å². The highest BCUT2D eigenvalue weighted by atomic mass is 35.5. The quantitative estimate of drug-likeness (QED) is 0.804. The van der Waals surface area contributed by atoms with Gasteiger partial charge in [0, 0.05) is 13.6 Å². The summed E-state index contributed by atoms with van der Waals surface area (Å²) in [6.45, 7) is 2.77. The lowest BCUT2D eigenvalue weighted by molar-refractivity contribution is 0.0746. The van der Waals surface area contributed by atoms with Crippen LogP contribution in [0.2, 0.25) is 5.15 Å². The number of rotatable bonds is 3. The molecule has 2 rings (SSSR count). The van der Waals surface area contributed by atoms with Crippen molar-refractivity contribution < 1.29 is 9.18 Å². The fourth-order valence-electron chi connectivity index (χ4n) is 2.49. The number of pyridine rings is 1. The monoisotopic (exact) mass is 299 g/mol. The van der Waals surface area contributed by atoms with Gasteiger partial charge >= 0.3 is 0 Å². The highest BCUT2D eigenvalue weighted by Crippen LogP contribution is 2.20. The summed E-state index contributed by atoms with van der Waals surface area (Å²) < 4.78 is 13.2. The number of hydrogen-bond acceptors (Lipinski definition) is 3. The van der Waals surface area contributed by atoms with E-state index in [1.807, 2.05) is 0 Å². The average Bonchev–Trinajstić information content (AvgIpc) is 2.43. The molecule has 110 valence electrons. The lowest BCUT2D eigenvalue weighted by Gasteiger charge is -2.31. The van der Waals surface area contributed by atoms with Crippen LogP contribution in [0.5, 0.6) is 0 Å². The van der Waals surface area contributed by atoms with Crippen LogP contribution >= 0.6 is 11.6 Å². The van der Waals surface area contributed by atoms with Gasteiger partial charge in [0.05, 0.1) is 11.8 Å². The van der Waals surface area contributed by atoms with Crippen molar-refractivity contribution in [3.8, 4) is 0 Å². The summed E-state index contributed by atoms with van der Waals surface area (Å²) >= 11 is 5.87. The fourth-order valence-corrected chi connectivity index (χ4v) is 2.68. The molecular weight excluding hydrogens is 281 g/mol. The average molecular weight is 300 g/mol. The van der Waals surface area contributed by atoms with Crippen molar-refractivity contribution in [3.05, 3.63) is 28.8 Å². The molecule has 0 saturated carbocycles. The molecule has 1 aliphatic heterocycles. The van der Waals surface area contributed by atoms with Gasteiger partial charge in [0.25, 0.3) is 5.91 Å². The van der Waals surface area contributed by atoms with Crippen LogP contribution in [-0.2, 0) is 0 Å². The zero-order valence-electron chi connectivity index (χ0n) is 11.8. The zero-order valence-corrected chi connectivity index (χ0v) is 12.5. The van der Waals surface area contributed by atoms with E-state index in [1.165, 1.54) is 0 Å². The molecular formula is C14H19ClFN3O. The SMILES string of the molecule is CN1CCC(CN(C)C(=O)c2cc(F)cnc2Cl)CC1. The molecule has 4 nitrogen and oxygen atoms in total. The molecule has 1 saturated heterocycles. The Bertz CT molecular complexity index is 489. The predicted octanol–water partition coefficient (Wildman–Crippen LogP) is 2.29. The van der Waals surface area contributed by atoms with E-state index in [2.05, 4.69) is 16.9 Å². The maximum atomic E-state index is 13.2. The predicted molar refractivity (Wildman–Crippen MR) is 76.4 cm³/mol. The van der Waals surface area contributed by atoms with Crippen LogP contribution in [0.25, 0.3) is 0 Å². The molecule has 0 N–H and O–H groups in total. The Morgan fingerprint density at radius 1 is 1.55 bits per heavy atom. The van der Waals surface area contributed by atoms with Gasteiger partial charge < -0.3 is 9.80 Å². The van der Waals surface area contributed by atoms with E-state index >= 15 is 0 Å². The number of piperidine rings is 1. The molecule has 1 aromatic heterocycles. The Morgan fingerprint density at radius 2 is 2.20 bits per heavy atom. The normalized spacial score (nSPS) is 17.2. The van der Waals surface area contributed by atoms with Gasteiger partial charge in [-0.25, -0.2) is 9.37 Å². The molecule has 0 unspecified atom stereocenters. The summed E-state index contributed by atoms with van der Waals surface area (Å²) in [6, 6.07) is 1.14. The van der Waals surface area contributed by atoms with E-state index in [1.54, 1.807) is 11.9 Å². The third-order valence-electron chi connectivity index (χ3n) is 3.75. The zero-order chi connectivity index (χ0) is 14.7. The van der Waals surface area contributed by atoms with Gasteiger partial charge in [-0.15, -0.1) is 0 Å². The number of nitrogens with zero attached hydrogens (tertiary/aromatic N) is 3.